The number of nitrogens with one attached hydrogen (secondary N) is 2. The molecule has 3 aromatic rings. The van der Waals surface area contributed by atoms with Crippen molar-refractivity contribution in [3.63, 3.8) is 0 Å². The fourth-order valence-corrected chi connectivity index (χ4v) is 4.08. The number of carbonyl (C=O) groups excluding carboxylic acids is 3. The summed E-state index contributed by atoms with van der Waals surface area (Å²) >= 11 is 0. The first-order valence-electron chi connectivity index (χ1n) is 12.5. The average Bonchev–Trinajstić information content (AvgIpc) is 3.34. The molecule has 0 aromatic heterocycles. The molecule has 1 heterocycles. The molecule has 0 saturated carbocycles. The van der Waals surface area contributed by atoms with Gasteiger partial charge in [0.2, 0.25) is 11.8 Å². The fraction of sp³-hybridized carbons (Fsp3) is 0.241. The van der Waals surface area contributed by atoms with Crippen molar-refractivity contribution in [2.24, 2.45) is 11.0 Å². The number of aryl methyl sites for hydroxylation is 1. The van der Waals surface area contributed by atoms with Crippen molar-refractivity contribution >= 4 is 35.3 Å². The molecule has 208 valence electrons. The number of benzene rings is 3. The van der Waals surface area contributed by atoms with Gasteiger partial charge in [-0.05, 0) is 72.1 Å². The zero-order valence-corrected chi connectivity index (χ0v) is 21.6. The number of rotatable bonds is 9. The summed E-state index contributed by atoms with van der Waals surface area (Å²) in [5.74, 6) is -1.25. The topological polar surface area (TPSA) is 100 Å². The Labute approximate surface area is 228 Å². The molecule has 0 spiro atoms. The quantitative estimate of drug-likeness (QED) is 0.295. The largest absolute Gasteiger partial charge is 0.484 e. The molecule has 3 amide bonds. The van der Waals surface area contributed by atoms with Crippen molar-refractivity contribution in [2.45, 2.75) is 25.9 Å². The summed E-state index contributed by atoms with van der Waals surface area (Å²) in [6, 6.07) is 18.5. The van der Waals surface area contributed by atoms with Gasteiger partial charge in [0, 0.05) is 24.3 Å². The Morgan fingerprint density at radius 3 is 2.48 bits per heavy atom. The van der Waals surface area contributed by atoms with Crippen LogP contribution < -0.4 is 20.4 Å². The van der Waals surface area contributed by atoms with E-state index in [9.17, 15) is 27.6 Å². The highest BCUT2D eigenvalue weighted by Gasteiger charge is 2.35. The van der Waals surface area contributed by atoms with Gasteiger partial charge >= 0.3 is 6.18 Å². The minimum atomic E-state index is -4.51. The third kappa shape index (κ3) is 7.46. The molecule has 1 aliphatic rings. The second-order valence-electron chi connectivity index (χ2n) is 9.14. The van der Waals surface area contributed by atoms with E-state index in [1.54, 1.807) is 29.2 Å². The minimum absolute atomic E-state index is 0.0114. The van der Waals surface area contributed by atoms with Gasteiger partial charge in [0.15, 0.2) is 6.61 Å². The van der Waals surface area contributed by atoms with Gasteiger partial charge in [-0.1, -0.05) is 25.1 Å². The monoisotopic (exact) mass is 552 g/mol. The van der Waals surface area contributed by atoms with Crippen LogP contribution in [0.25, 0.3) is 0 Å². The smallest absolute Gasteiger partial charge is 0.416 e. The van der Waals surface area contributed by atoms with E-state index in [-0.39, 0.29) is 30.5 Å². The van der Waals surface area contributed by atoms with Crippen molar-refractivity contribution < 1.29 is 32.3 Å². The third-order valence-electron chi connectivity index (χ3n) is 6.26. The molecule has 11 heteroatoms. The van der Waals surface area contributed by atoms with Gasteiger partial charge in [-0.3, -0.25) is 14.4 Å². The summed E-state index contributed by atoms with van der Waals surface area (Å²) < 4.78 is 43.8. The SMILES string of the molecule is CCc1ccc(N2C[C@@H](C(=O)N/N=C/c3ccc(OCC(=O)Nc4cccc(C(F)(F)F)c4)cc3)CC2=O)cc1. The maximum atomic E-state index is 12.8. The molecular weight excluding hydrogens is 525 g/mol. The standard InChI is InChI=1S/C29H27F3N4O4/c1-2-19-6-10-24(11-7-19)36-17-21(14-27(36)38)28(39)35-33-16-20-8-12-25(13-9-20)40-18-26(37)34-23-5-3-4-22(15-23)29(30,31)32/h3-13,15-16,21H,2,14,17-18H2,1H3,(H,34,37)(H,35,39)/b33-16+/t21-/m0/s1. The van der Waals surface area contributed by atoms with Crippen molar-refractivity contribution in [2.75, 3.05) is 23.4 Å². The van der Waals surface area contributed by atoms with Gasteiger partial charge in [-0.25, -0.2) is 5.43 Å². The molecule has 0 unspecified atom stereocenters. The van der Waals surface area contributed by atoms with E-state index in [1.165, 1.54) is 18.3 Å². The highest BCUT2D eigenvalue weighted by molar-refractivity contribution is 6.00. The van der Waals surface area contributed by atoms with Crippen LogP contribution in [0.15, 0.2) is 77.9 Å². The Hall–Kier alpha value is -4.67. The lowest BCUT2D eigenvalue weighted by Gasteiger charge is -2.16. The van der Waals surface area contributed by atoms with Crippen molar-refractivity contribution in [3.05, 3.63) is 89.5 Å². The maximum absolute atomic E-state index is 12.8. The van der Waals surface area contributed by atoms with Crippen LogP contribution in [0.1, 0.15) is 30.0 Å². The fourth-order valence-electron chi connectivity index (χ4n) is 4.08. The van der Waals surface area contributed by atoms with Crippen molar-refractivity contribution in [3.8, 4) is 5.75 Å². The summed E-state index contributed by atoms with van der Waals surface area (Å²) in [6.07, 6.45) is -2.08. The predicted molar refractivity (Wildman–Crippen MR) is 144 cm³/mol. The lowest BCUT2D eigenvalue weighted by atomic mass is 10.1. The Morgan fingerprint density at radius 2 is 1.80 bits per heavy atom. The molecule has 1 atom stereocenters. The summed E-state index contributed by atoms with van der Waals surface area (Å²) in [7, 11) is 0. The van der Waals surface area contributed by atoms with E-state index in [0.717, 1.165) is 29.8 Å². The van der Waals surface area contributed by atoms with E-state index < -0.39 is 30.2 Å². The molecule has 1 aliphatic heterocycles. The van der Waals surface area contributed by atoms with Gasteiger partial charge < -0.3 is 15.0 Å². The number of carbonyl (C=O) groups is 3. The molecular formula is C29H27F3N4O4. The van der Waals surface area contributed by atoms with Gasteiger partial charge in [-0.2, -0.15) is 18.3 Å². The predicted octanol–water partition coefficient (Wildman–Crippen LogP) is 4.79. The highest BCUT2D eigenvalue weighted by Crippen LogP contribution is 2.30. The summed E-state index contributed by atoms with van der Waals surface area (Å²) in [5, 5.41) is 6.33. The Balaban J connectivity index is 1.22. The van der Waals surface area contributed by atoms with Gasteiger partial charge in [0.1, 0.15) is 5.75 Å². The van der Waals surface area contributed by atoms with Crippen molar-refractivity contribution in [1.82, 2.24) is 5.43 Å². The number of hydrogen-bond donors (Lipinski definition) is 2. The van der Waals surface area contributed by atoms with E-state index in [2.05, 4.69) is 22.8 Å². The molecule has 0 bridgehead atoms. The molecule has 0 aliphatic carbocycles. The van der Waals surface area contributed by atoms with Crippen LogP contribution in [0, 0.1) is 5.92 Å². The molecule has 8 nitrogen and oxygen atoms in total. The van der Waals surface area contributed by atoms with Gasteiger partial charge in [0.25, 0.3) is 5.91 Å². The second kappa shape index (κ2) is 12.5. The average molecular weight is 553 g/mol. The van der Waals surface area contributed by atoms with Crippen LogP contribution in [0.3, 0.4) is 0 Å². The van der Waals surface area contributed by atoms with E-state index in [0.29, 0.717) is 11.3 Å². The Kier molecular flexibility index (Phi) is 8.83. The summed E-state index contributed by atoms with van der Waals surface area (Å²) in [5.41, 5.74) is 4.18. The molecule has 3 aromatic carbocycles. The number of alkyl halides is 3. The number of nitrogens with zero attached hydrogens (tertiary/aromatic N) is 2. The summed E-state index contributed by atoms with van der Waals surface area (Å²) in [6.45, 7) is 1.93. The number of anilines is 2. The van der Waals surface area contributed by atoms with Crippen LogP contribution >= 0.6 is 0 Å². The van der Waals surface area contributed by atoms with E-state index >= 15 is 0 Å². The highest BCUT2D eigenvalue weighted by atomic mass is 19.4. The lowest BCUT2D eigenvalue weighted by Crippen LogP contribution is -2.30. The third-order valence-corrected chi connectivity index (χ3v) is 6.26. The number of ether oxygens (including phenoxy) is 1. The van der Waals surface area contributed by atoms with Gasteiger partial charge in [-0.15, -0.1) is 0 Å². The van der Waals surface area contributed by atoms with Crippen molar-refractivity contribution in [1.29, 1.82) is 0 Å². The molecule has 4 rings (SSSR count). The first-order valence-corrected chi connectivity index (χ1v) is 12.5. The minimum Gasteiger partial charge on any atom is -0.484 e. The molecule has 0 radical (unpaired) electrons. The molecule has 40 heavy (non-hydrogen) atoms. The number of hydrazone groups is 1. The first-order chi connectivity index (χ1) is 19.1. The number of hydrogen-bond acceptors (Lipinski definition) is 5. The van der Waals surface area contributed by atoms with Gasteiger partial charge in [0.05, 0.1) is 17.7 Å². The van der Waals surface area contributed by atoms with E-state index in [1.807, 2.05) is 24.3 Å². The van der Waals surface area contributed by atoms with Crippen LogP contribution in [-0.4, -0.2) is 37.1 Å². The Morgan fingerprint density at radius 1 is 1.07 bits per heavy atom. The van der Waals surface area contributed by atoms with Crippen LogP contribution in [0.4, 0.5) is 24.5 Å². The number of halogens is 3. The number of amides is 3. The maximum Gasteiger partial charge on any atom is 0.416 e. The Bertz CT molecular complexity index is 1390. The zero-order chi connectivity index (χ0) is 28.7. The van der Waals surface area contributed by atoms with E-state index in [4.69, 9.17) is 4.74 Å². The van der Waals surface area contributed by atoms with Crippen LogP contribution in [0.2, 0.25) is 0 Å². The first kappa shape index (κ1) is 28.3. The zero-order valence-electron chi connectivity index (χ0n) is 21.6. The summed E-state index contributed by atoms with van der Waals surface area (Å²) in [4.78, 5) is 38.7. The molecule has 2 N–H and O–H groups in total. The second-order valence-corrected chi connectivity index (χ2v) is 9.14. The molecule has 1 fully saturated rings. The molecule has 1 saturated heterocycles. The van der Waals surface area contributed by atoms with Crippen LogP contribution in [0.5, 0.6) is 5.75 Å². The van der Waals surface area contributed by atoms with Crippen LogP contribution in [-0.2, 0) is 27.0 Å². The normalized spacial score (nSPS) is 15.3. The lowest BCUT2D eigenvalue weighted by molar-refractivity contribution is -0.137.